The number of carbonyl (C=O) groups is 1. The van der Waals surface area contributed by atoms with E-state index in [2.05, 4.69) is 6.92 Å². The molecule has 0 bridgehead atoms. The van der Waals surface area contributed by atoms with Crippen LogP contribution in [0.25, 0.3) is 21.9 Å². The third kappa shape index (κ3) is 5.25. The zero-order chi connectivity index (χ0) is 22.6. The minimum absolute atomic E-state index is 0.0379. The van der Waals surface area contributed by atoms with Crippen LogP contribution < -0.4 is 10.2 Å². The molecular formula is C23H26O7S. The number of fused-ring (bicyclic) bond motifs is 2. The molecule has 0 unspecified atom stereocenters. The highest BCUT2D eigenvalue weighted by Gasteiger charge is 2.20. The second-order valence-corrected chi connectivity index (χ2v) is 9.62. The lowest BCUT2D eigenvalue weighted by Crippen LogP contribution is -2.08. The fourth-order valence-electron chi connectivity index (χ4n) is 3.47. The first-order valence-electron chi connectivity index (χ1n) is 10.3. The van der Waals surface area contributed by atoms with E-state index in [-0.39, 0.29) is 38.1 Å². The zero-order valence-corrected chi connectivity index (χ0v) is 18.5. The van der Waals surface area contributed by atoms with Crippen LogP contribution in [0, 0.1) is 0 Å². The predicted molar refractivity (Wildman–Crippen MR) is 119 cm³/mol. The topological polar surface area (TPSA) is 111 Å². The Bertz CT molecular complexity index is 1270. The van der Waals surface area contributed by atoms with E-state index in [1.807, 2.05) is 0 Å². The van der Waals surface area contributed by atoms with E-state index in [9.17, 15) is 23.1 Å². The Morgan fingerprint density at radius 2 is 1.74 bits per heavy atom. The Morgan fingerprint density at radius 3 is 2.42 bits per heavy atom. The van der Waals surface area contributed by atoms with E-state index < -0.39 is 21.2 Å². The Balaban J connectivity index is 2.01. The lowest BCUT2D eigenvalue weighted by Gasteiger charge is -2.11. The summed E-state index contributed by atoms with van der Waals surface area (Å²) in [5, 5.41) is 9.31. The number of benzene rings is 2. The summed E-state index contributed by atoms with van der Waals surface area (Å²) in [6.45, 7) is 2.56. The third-order valence-electron chi connectivity index (χ3n) is 5.12. The van der Waals surface area contributed by atoms with Gasteiger partial charge in [-0.3, -0.25) is 4.79 Å². The molecular weight excluding hydrogens is 420 g/mol. The minimum atomic E-state index is -3.71. The van der Waals surface area contributed by atoms with Crippen molar-refractivity contribution >= 4 is 37.7 Å². The van der Waals surface area contributed by atoms with Crippen molar-refractivity contribution in [1.29, 1.82) is 0 Å². The normalized spacial score (nSPS) is 11.8. The van der Waals surface area contributed by atoms with Gasteiger partial charge in [-0.05, 0) is 30.7 Å². The molecule has 0 aliphatic heterocycles. The largest absolute Gasteiger partial charge is 0.494 e. The van der Waals surface area contributed by atoms with E-state index >= 15 is 0 Å². The molecule has 7 nitrogen and oxygen atoms in total. The molecule has 2 aromatic carbocycles. The predicted octanol–water partition coefficient (Wildman–Crippen LogP) is 4.79. The average molecular weight is 447 g/mol. The van der Waals surface area contributed by atoms with E-state index in [1.165, 1.54) is 49.6 Å². The summed E-state index contributed by atoms with van der Waals surface area (Å²) in [7, 11) is -3.71. The maximum atomic E-state index is 13.1. The molecule has 1 heterocycles. The van der Waals surface area contributed by atoms with Crippen LogP contribution in [0.15, 0.2) is 44.4 Å². The molecule has 0 saturated heterocycles. The average Bonchev–Trinajstić information content (AvgIpc) is 2.72. The number of carboxylic acid groups (broad SMARTS) is 1. The lowest BCUT2D eigenvalue weighted by molar-refractivity contribution is 0.0697. The van der Waals surface area contributed by atoms with Gasteiger partial charge in [-0.2, -0.15) is 0 Å². The standard InChI is InChI=1S/C23H26O7S/c1-3-4-5-6-7-8-11-29-16-13-18-21(24)17-12-15(23(25)26)9-10-19(17)30-22(18)20(14-16)31(2,27)28/h9-10,12-14H,3-8,11H2,1-2H3,(H,25,26). The number of hydrogen-bond donors (Lipinski definition) is 1. The van der Waals surface area contributed by atoms with Gasteiger partial charge in [0.1, 0.15) is 16.2 Å². The first-order chi connectivity index (χ1) is 14.7. The van der Waals surface area contributed by atoms with Gasteiger partial charge in [0.2, 0.25) is 5.43 Å². The van der Waals surface area contributed by atoms with Crippen LogP contribution in [-0.4, -0.2) is 32.4 Å². The number of ether oxygens (including phenoxy) is 1. The monoisotopic (exact) mass is 446 g/mol. The van der Waals surface area contributed by atoms with Crippen LogP contribution in [0.4, 0.5) is 0 Å². The molecule has 166 valence electrons. The van der Waals surface area contributed by atoms with E-state index in [4.69, 9.17) is 9.15 Å². The smallest absolute Gasteiger partial charge is 0.335 e. The third-order valence-corrected chi connectivity index (χ3v) is 6.22. The van der Waals surface area contributed by atoms with Crippen molar-refractivity contribution in [2.24, 2.45) is 0 Å². The van der Waals surface area contributed by atoms with Gasteiger partial charge in [0.15, 0.2) is 15.4 Å². The Labute approximate surface area is 180 Å². The number of hydrogen-bond acceptors (Lipinski definition) is 6. The molecule has 0 amide bonds. The summed E-state index contributed by atoms with van der Waals surface area (Å²) in [5.74, 6) is -0.906. The molecule has 0 fully saturated rings. The van der Waals surface area contributed by atoms with Crippen LogP contribution in [0.3, 0.4) is 0 Å². The van der Waals surface area contributed by atoms with Crippen molar-refractivity contribution in [2.75, 3.05) is 12.9 Å². The number of sulfone groups is 1. The van der Waals surface area contributed by atoms with Crippen LogP contribution in [-0.2, 0) is 9.84 Å². The molecule has 0 radical (unpaired) electrons. The second-order valence-electron chi connectivity index (χ2n) is 7.63. The van der Waals surface area contributed by atoms with Gasteiger partial charge in [-0.25, -0.2) is 13.2 Å². The molecule has 0 aliphatic carbocycles. The summed E-state index contributed by atoms with van der Waals surface area (Å²) in [5.41, 5.74) is -0.504. The van der Waals surface area contributed by atoms with Crippen LogP contribution in [0.5, 0.6) is 5.75 Å². The molecule has 3 aromatic rings. The van der Waals surface area contributed by atoms with Gasteiger partial charge >= 0.3 is 5.97 Å². The van der Waals surface area contributed by atoms with Crippen LogP contribution in [0.1, 0.15) is 55.8 Å². The van der Waals surface area contributed by atoms with Gasteiger partial charge in [-0.1, -0.05) is 39.0 Å². The minimum Gasteiger partial charge on any atom is -0.494 e. The molecule has 31 heavy (non-hydrogen) atoms. The highest BCUT2D eigenvalue weighted by atomic mass is 32.2. The van der Waals surface area contributed by atoms with Gasteiger partial charge in [0.25, 0.3) is 0 Å². The number of unbranched alkanes of at least 4 members (excludes halogenated alkanes) is 5. The highest BCUT2D eigenvalue weighted by Crippen LogP contribution is 2.30. The van der Waals surface area contributed by atoms with E-state index in [0.717, 1.165) is 25.5 Å². The molecule has 0 atom stereocenters. The van der Waals surface area contributed by atoms with Gasteiger partial charge in [0.05, 0.1) is 22.9 Å². The Hall–Kier alpha value is -2.87. The van der Waals surface area contributed by atoms with Crippen molar-refractivity contribution in [3.63, 3.8) is 0 Å². The molecule has 3 rings (SSSR count). The van der Waals surface area contributed by atoms with Crippen molar-refractivity contribution in [3.05, 3.63) is 46.1 Å². The van der Waals surface area contributed by atoms with Gasteiger partial charge in [-0.15, -0.1) is 0 Å². The summed E-state index contributed by atoms with van der Waals surface area (Å²) in [6, 6.07) is 6.72. The van der Waals surface area contributed by atoms with Crippen molar-refractivity contribution in [1.82, 2.24) is 0 Å². The number of carboxylic acids is 1. The maximum Gasteiger partial charge on any atom is 0.335 e. The molecule has 0 spiro atoms. The van der Waals surface area contributed by atoms with Gasteiger partial charge in [0, 0.05) is 12.3 Å². The highest BCUT2D eigenvalue weighted by molar-refractivity contribution is 7.91. The number of rotatable bonds is 10. The molecule has 0 aliphatic rings. The zero-order valence-electron chi connectivity index (χ0n) is 17.6. The maximum absolute atomic E-state index is 13.1. The molecule has 0 saturated carbocycles. The molecule has 1 N–H and O–H groups in total. The van der Waals surface area contributed by atoms with Crippen LogP contribution >= 0.6 is 0 Å². The second kappa shape index (κ2) is 9.51. The molecule has 8 heteroatoms. The Morgan fingerprint density at radius 1 is 1.03 bits per heavy atom. The van der Waals surface area contributed by atoms with Crippen molar-refractivity contribution < 1.29 is 27.5 Å². The van der Waals surface area contributed by atoms with E-state index in [1.54, 1.807) is 0 Å². The summed E-state index contributed by atoms with van der Waals surface area (Å²) in [4.78, 5) is 24.2. The Kier molecular flexibility index (Phi) is 7.00. The molecule has 1 aromatic heterocycles. The van der Waals surface area contributed by atoms with Crippen molar-refractivity contribution in [3.8, 4) is 5.75 Å². The fourth-order valence-corrected chi connectivity index (χ4v) is 4.29. The lowest BCUT2D eigenvalue weighted by atomic mass is 10.1. The van der Waals surface area contributed by atoms with Crippen LogP contribution in [0.2, 0.25) is 0 Å². The quantitative estimate of drug-likeness (QED) is 0.352. The first kappa shape index (κ1) is 22.8. The summed E-state index contributed by atoms with van der Waals surface area (Å²) < 4.78 is 36.2. The number of aromatic carboxylic acids is 1. The summed E-state index contributed by atoms with van der Waals surface area (Å²) >= 11 is 0. The van der Waals surface area contributed by atoms with E-state index in [0.29, 0.717) is 6.61 Å². The fraction of sp³-hybridized carbons (Fsp3) is 0.391. The van der Waals surface area contributed by atoms with Crippen molar-refractivity contribution in [2.45, 2.75) is 50.3 Å². The SMILES string of the molecule is CCCCCCCCOc1cc(S(C)(=O)=O)c2oc3ccc(C(=O)O)cc3c(=O)c2c1. The first-order valence-corrected chi connectivity index (χ1v) is 12.2. The summed E-state index contributed by atoms with van der Waals surface area (Å²) in [6.07, 6.45) is 7.55. The van der Waals surface area contributed by atoms with Gasteiger partial charge < -0.3 is 14.3 Å².